The standard InChI is InChI=1S/C17H19ClN2O2/c1-3-12-4-6-14(7-5-12)22-10-16(21)20-17-11(2)8-13(19)9-15(17)18/h4-9H,3,10,19H2,1-2H3,(H,20,21). The molecule has 0 aliphatic rings. The van der Waals surface area contributed by atoms with Crippen LogP contribution in [0.2, 0.25) is 5.02 Å². The van der Waals surface area contributed by atoms with Gasteiger partial charge in [0.1, 0.15) is 5.75 Å². The van der Waals surface area contributed by atoms with Crippen LogP contribution in [-0.2, 0) is 11.2 Å². The number of hydrogen-bond donors (Lipinski definition) is 2. The van der Waals surface area contributed by atoms with Gasteiger partial charge in [-0.1, -0.05) is 30.7 Å². The number of nitrogens with two attached hydrogens (primary N) is 1. The Labute approximate surface area is 135 Å². The van der Waals surface area contributed by atoms with Crippen LogP contribution in [-0.4, -0.2) is 12.5 Å². The molecule has 1 amide bonds. The van der Waals surface area contributed by atoms with E-state index in [1.54, 1.807) is 12.1 Å². The van der Waals surface area contributed by atoms with Gasteiger partial charge >= 0.3 is 0 Å². The Bertz CT molecular complexity index is 646. The number of ether oxygens (including phenoxy) is 1. The van der Waals surface area contributed by atoms with Crippen molar-refractivity contribution in [2.45, 2.75) is 20.3 Å². The molecule has 0 saturated carbocycles. The molecular formula is C17H19ClN2O2. The third kappa shape index (κ3) is 4.15. The minimum Gasteiger partial charge on any atom is -0.484 e. The lowest BCUT2D eigenvalue weighted by atomic mass is 10.2. The summed E-state index contributed by atoms with van der Waals surface area (Å²) in [5.74, 6) is 0.391. The number of hydrogen-bond acceptors (Lipinski definition) is 3. The Hall–Kier alpha value is -2.20. The van der Waals surface area contributed by atoms with E-state index in [4.69, 9.17) is 22.1 Å². The number of carbonyl (C=O) groups excluding carboxylic acids is 1. The summed E-state index contributed by atoms with van der Waals surface area (Å²) in [6.07, 6.45) is 0.968. The molecule has 4 nitrogen and oxygen atoms in total. The Morgan fingerprint density at radius 2 is 1.95 bits per heavy atom. The van der Waals surface area contributed by atoms with E-state index in [0.717, 1.165) is 12.0 Å². The largest absolute Gasteiger partial charge is 0.484 e. The minimum atomic E-state index is -0.269. The highest BCUT2D eigenvalue weighted by molar-refractivity contribution is 6.34. The molecule has 0 heterocycles. The average molecular weight is 319 g/mol. The van der Waals surface area contributed by atoms with Gasteiger partial charge in [0.2, 0.25) is 0 Å². The van der Waals surface area contributed by atoms with Gasteiger partial charge in [-0.15, -0.1) is 0 Å². The molecule has 0 saturated heterocycles. The summed E-state index contributed by atoms with van der Waals surface area (Å²) < 4.78 is 5.46. The minimum absolute atomic E-state index is 0.0778. The normalized spacial score (nSPS) is 10.3. The summed E-state index contributed by atoms with van der Waals surface area (Å²) in [7, 11) is 0. The molecule has 3 N–H and O–H groups in total. The van der Waals surface area contributed by atoms with Crippen LogP contribution in [0, 0.1) is 6.92 Å². The van der Waals surface area contributed by atoms with Crippen molar-refractivity contribution < 1.29 is 9.53 Å². The van der Waals surface area contributed by atoms with E-state index in [1.165, 1.54) is 5.56 Å². The number of halogens is 1. The molecular weight excluding hydrogens is 300 g/mol. The van der Waals surface area contributed by atoms with Crippen molar-refractivity contribution in [2.24, 2.45) is 0 Å². The first-order valence-corrected chi connectivity index (χ1v) is 7.44. The van der Waals surface area contributed by atoms with Gasteiger partial charge in [-0.2, -0.15) is 0 Å². The van der Waals surface area contributed by atoms with Gasteiger partial charge in [0.25, 0.3) is 5.91 Å². The fourth-order valence-electron chi connectivity index (χ4n) is 2.07. The maximum absolute atomic E-state index is 12.0. The molecule has 0 unspecified atom stereocenters. The number of nitrogen functional groups attached to an aromatic ring is 1. The first kappa shape index (κ1) is 16.2. The first-order chi connectivity index (χ1) is 10.5. The van der Waals surface area contributed by atoms with Crippen molar-refractivity contribution in [3.05, 3.63) is 52.5 Å². The molecule has 0 atom stereocenters. The van der Waals surface area contributed by atoms with Crippen LogP contribution in [0.4, 0.5) is 11.4 Å². The maximum Gasteiger partial charge on any atom is 0.262 e. The van der Waals surface area contributed by atoms with Crippen molar-refractivity contribution in [3.8, 4) is 5.75 Å². The molecule has 0 fully saturated rings. The number of amides is 1. The van der Waals surface area contributed by atoms with Gasteiger partial charge in [0.05, 0.1) is 10.7 Å². The van der Waals surface area contributed by atoms with E-state index < -0.39 is 0 Å². The second-order valence-electron chi connectivity index (χ2n) is 5.03. The highest BCUT2D eigenvalue weighted by Crippen LogP contribution is 2.28. The van der Waals surface area contributed by atoms with Gasteiger partial charge < -0.3 is 15.8 Å². The van der Waals surface area contributed by atoms with Crippen molar-refractivity contribution in [1.29, 1.82) is 0 Å². The SMILES string of the molecule is CCc1ccc(OCC(=O)Nc2c(C)cc(N)cc2Cl)cc1. The molecule has 2 aromatic carbocycles. The molecule has 0 aliphatic heterocycles. The molecule has 0 radical (unpaired) electrons. The van der Waals surface area contributed by atoms with Crippen LogP contribution in [0.3, 0.4) is 0 Å². The van der Waals surface area contributed by atoms with E-state index in [9.17, 15) is 4.79 Å². The van der Waals surface area contributed by atoms with E-state index >= 15 is 0 Å². The van der Waals surface area contributed by atoms with Crippen molar-refractivity contribution in [2.75, 3.05) is 17.7 Å². The van der Waals surface area contributed by atoms with Crippen LogP contribution in [0.5, 0.6) is 5.75 Å². The van der Waals surface area contributed by atoms with Crippen molar-refractivity contribution in [3.63, 3.8) is 0 Å². The number of anilines is 2. The predicted molar refractivity (Wildman–Crippen MR) is 90.5 cm³/mol. The lowest BCUT2D eigenvalue weighted by molar-refractivity contribution is -0.118. The molecule has 0 bridgehead atoms. The summed E-state index contributed by atoms with van der Waals surface area (Å²) in [6, 6.07) is 11.0. The zero-order chi connectivity index (χ0) is 16.1. The predicted octanol–water partition coefficient (Wildman–Crippen LogP) is 3.81. The Kier molecular flexibility index (Phi) is 5.28. The molecule has 0 spiro atoms. The lowest BCUT2D eigenvalue weighted by Crippen LogP contribution is -2.21. The monoisotopic (exact) mass is 318 g/mol. The van der Waals surface area contributed by atoms with Gasteiger partial charge in [-0.25, -0.2) is 0 Å². The van der Waals surface area contributed by atoms with E-state index in [-0.39, 0.29) is 12.5 Å². The van der Waals surface area contributed by atoms with E-state index in [1.807, 2.05) is 31.2 Å². The summed E-state index contributed by atoms with van der Waals surface area (Å²) in [6.45, 7) is 3.84. The van der Waals surface area contributed by atoms with Gasteiger partial charge in [-0.3, -0.25) is 4.79 Å². The zero-order valence-electron chi connectivity index (χ0n) is 12.7. The van der Waals surface area contributed by atoms with Crippen LogP contribution < -0.4 is 15.8 Å². The van der Waals surface area contributed by atoms with Gasteiger partial charge in [0.15, 0.2) is 6.61 Å². The average Bonchev–Trinajstić information content (AvgIpc) is 2.49. The molecule has 0 aromatic heterocycles. The van der Waals surface area contributed by atoms with E-state index in [0.29, 0.717) is 22.1 Å². The highest BCUT2D eigenvalue weighted by atomic mass is 35.5. The Morgan fingerprint density at radius 3 is 2.55 bits per heavy atom. The summed E-state index contributed by atoms with van der Waals surface area (Å²) in [5.41, 5.74) is 8.85. The third-order valence-corrected chi connectivity index (χ3v) is 3.57. The van der Waals surface area contributed by atoms with Crippen LogP contribution in [0.15, 0.2) is 36.4 Å². The number of benzene rings is 2. The quantitative estimate of drug-likeness (QED) is 0.824. The fraction of sp³-hybridized carbons (Fsp3) is 0.235. The molecule has 2 aromatic rings. The second kappa shape index (κ2) is 7.18. The van der Waals surface area contributed by atoms with Crippen LogP contribution >= 0.6 is 11.6 Å². The summed E-state index contributed by atoms with van der Waals surface area (Å²) in [5, 5.41) is 3.16. The number of rotatable bonds is 5. The second-order valence-corrected chi connectivity index (χ2v) is 5.44. The number of nitrogens with one attached hydrogen (secondary N) is 1. The van der Waals surface area contributed by atoms with Gasteiger partial charge in [-0.05, 0) is 48.7 Å². The number of carbonyl (C=O) groups is 1. The molecule has 5 heteroatoms. The summed E-state index contributed by atoms with van der Waals surface area (Å²) in [4.78, 5) is 12.0. The first-order valence-electron chi connectivity index (χ1n) is 7.06. The number of aryl methyl sites for hydroxylation is 2. The third-order valence-electron chi connectivity index (χ3n) is 3.28. The Morgan fingerprint density at radius 1 is 1.27 bits per heavy atom. The zero-order valence-corrected chi connectivity index (χ0v) is 13.4. The van der Waals surface area contributed by atoms with Gasteiger partial charge in [0, 0.05) is 5.69 Å². The molecule has 0 aliphatic carbocycles. The smallest absolute Gasteiger partial charge is 0.262 e. The van der Waals surface area contributed by atoms with Crippen molar-refractivity contribution in [1.82, 2.24) is 0 Å². The van der Waals surface area contributed by atoms with Crippen LogP contribution in [0.25, 0.3) is 0 Å². The maximum atomic E-state index is 12.0. The molecule has 2 rings (SSSR count). The van der Waals surface area contributed by atoms with Crippen LogP contribution in [0.1, 0.15) is 18.1 Å². The highest BCUT2D eigenvalue weighted by Gasteiger charge is 2.10. The topological polar surface area (TPSA) is 64.3 Å². The Balaban J connectivity index is 1.95. The van der Waals surface area contributed by atoms with E-state index in [2.05, 4.69) is 12.2 Å². The molecule has 116 valence electrons. The van der Waals surface area contributed by atoms with Crippen molar-refractivity contribution >= 4 is 28.9 Å². The summed E-state index contributed by atoms with van der Waals surface area (Å²) >= 11 is 6.09. The molecule has 22 heavy (non-hydrogen) atoms. The fourth-order valence-corrected chi connectivity index (χ4v) is 2.40. The lowest BCUT2D eigenvalue weighted by Gasteiger charge is -2.12.